The zero-order valence-corrected chi connectivity index (χ0v) is 18.4. The van der Waals surface area contributed by atoms with Crippen LogP contribution in [0.15, 0.2) is 48.8 Å². The Kier molecular flexibility index (Phi) is 5.92. The molecule has 31 heavy (non-hydrogen) atoms. The van der Waals surface area contributed by atoms with E-state index in [1.54, 1.807) is 6.20 Å². The van der Waals surface area contributed by atoms with Gasteiger partial charge in [0, 0.05) is 23.5 Å². The third-order valence-electron chi connectivity index (χ3n) is 5.58. The minimum Gasteiger partial charge on any atom is -0.336 e. The molecule has 4 aromatic rings. The molecule has 2 aromatic heterocycles. The third kappa shape index (κ3) is 4.55. The Morgan fingerprint density at radius 1 is 0.774 bits per heavy atom. The smallest absolute Gasteiger partial charge is 0.110 e. The van der Waals surface area contributed by atoms with Gasteiger partial charge in [0.25, 0.3) is 0 Å². The maximum Gasteiger partial charge on any atom is 0.110 e. The highest BCUT2D eigenvalue weighted by Crippen LogP contribution is 2.22. The van der Waals surface area contributed by atoms with Gasteiger partial charge in [-0.1, -0.05) is 63.8 Å². The molecule has 2 heterocycles. The first-order chi connectivity index (χ1) is 15.0. The Hall–Kier alpha value is -3.76. The highest BCUT2D eigenvalue weighted by Gasteiger charge is 2.12. The summed E-state index contributed by atoms with van der Waals surface area (Å²) in [6.07, 6.45) is 4.47. The first-order valence-electron chi connectivity index (χ1n) is 10.7. The van der Waals surface area contributed by atoms with Crippen LogP contribution in [0.2, 0.25) is 0 Å². The van der Waals surface area contributed by atoms with E-state index in [4.69, 9.17) is 0 Å². The van der Waals surface area contributed by atoms with Gasteiger partial charge in [0.2, 0.25) is 0 Å². The lowest BCUT2D eigenvalue weighted by Crippen LogP contribution is -2.03. The average Bonchev–Trinajstić information content (AvgIpc) is 3.45. The van der Waals surface area contributed by atoms with Crippen molar-refractivity contribution in [2.45, 2.75) is 40.0 Å². The molecule has 0 aliphatic rings. The molecule has 0 aliphatic heterocycles. The van der Waals surface area contributed by atoms with Crippen molar-refractivity contribution in [1.82, 2.24) is 19.9 Å². The topological polar surface area (TPSA) is 57.4 Å². The Morgan fingerprint density at radius 3 is 1.90 bits per heavy atom. The molecule has 154 valence electrons. The van der Waals surface area contributed by atoms with Crippen molar-refractivity contribution >= 4 is 10.8 Å². The highest BCUT2D eigenvalue weighted by atomic mass is 14.9. The van der Waals surface area contributed by atoms with Gasteiger partial charge in [0.1, 0.15) is 23.0 Å². The highest BCUT2D eigenvalue weighted by molar-refractivity contribution is 5.92. The predicted octanol–water partition coefficient (Wildman–Crippen LogP) is 5.41. The molecule has 0 radical (unpaired) electrons. The maximum absolute atomic E-state index is 4.50. The van der Waals surface area contributed by atoms with E-state index >= 15 is 0 Å². The van der Waals surface area contributed by atoms with E-state index in [-0.39, 0.29) is 0 Å². The minimum absolute atomic E-state index is 0.373. The van der Waals surface area contributed by atoms with Crippen molar-refractivity contribution in [2.75, 3.05) is 0 Å². The molecule has 0 aliphatic carbocycles. The molecule has 0 amide bonds. The molecule has 4 heteroatoms. The van der Waals surface area contributed by atoms with Crippen molar-refractivity contribution in [1.29, 1.82) is 0 Å². The van der Waals surface area contributed by atoms with E-state index in [1.807, 2.05) is 30.5 Å². The molecule has 1 unspecified atom stereocenters. The summed E-state index contributed by atoms with van der Waals surface area (Å²) < 4.78 is 0. The van der Waals surface area contributed by atoms with Gasteiger partial charge in [-0.3, -0.25) is 0 Å². The van der Waals surface area contributed by atoms with Gasteiger partial charge in [-0.15, -0.1) is 0 Å². The number of hydrogen-bond donors (Lipinski definition) is 2. The van der Waals surface area contributed by atoms with E-state index in [0.29, 0.717) is 11.8 Å². The third-order valence-corrected chi connectivity index (χ3v) is 5.58. The van der Waals surface area contributed by atoms with Crippen LogP contribution in [-0.4, -0.2) is 19.9 Å². The number of aryl methyl sites for hydroxylation is 1. The fourth-order valence-electron chi connectivity index (χ4n) is 3.35. The second-order valence-corrected chi connectivity index (χ2v) is 8.02. The van der Waals surface area contributed by atoms with Crippen LogP contribution in [0.5, 0.6) is 0 Å². The summed E-state index contributed by atoms with van der Waals surface area (Å²) in [5.41, 5.74) is 3.62. The first kappa shape index (κ1) is 20.5. The van der Waals surface area contributed by atoms with Gasteiger partial charge < -0.3 is 9.97 Å². The SMILES string of the molecule is CCc1ncc(C#Cc2cccc3c(C#Cc4cnc(C(C)C(C)C)[nH]4)cccc23)[nH]1. The lowest BCUT2D eigenvalue weighted by atomic mass is 9.98. The molecule has 0 saturated heterocycles. The number of H-pyrrole nitrogens is 2. The average molecular weight is 407 g/mol. The number of fused-ring (bicyclic) bond motifs is 1. The van der Waals surface area contributed by atoms with Crippen molar-refractivity contribution < 1.29 is 0 Å². The van der Waals surface area contributed by atoms with E-state index in [2.05, 4.69) is 83.4 Å². The minimum atomic E-state index is 0.373. The zero-order valence-electron chi connectivity index (χ0n) is 18.4. The molecule has 0 fully saturated rings. The standard InChI is InChI=1S/C27H26N4/c1-5-26-28-16-22(30-26)14-12-20-8-6-11-25-21(9-7-10-24(20)25)13-15-23-17-29-27(31-23)19(4)18(2)3/h6-11,16-19H,5H2,1-4H3,(H,28,30)(H,29,31). The summed E-state index contributed by atoms with van der Waals surface area (Å²) in [5.74, 6) is 15.9. The molecule has 1 atom stereocenters. The summed E-state index contributed by atoms with van der Waals surface area (Å²) in [6, 6.07) is 12.3. The van der Waals surface area contributed by atoms with Crippen molar-refractivity contribution in [3.05, 3.63) is 83.0 Å². The van der Waals surface area contributed by atoms with Gasteiger partial charge >= 0.3 is 0 Å². The fraction of sp³-hybridized carbons (Fsp3) is 0.259. The Labute approximate surface area is 183 Å². The molecule has 0 spiro atoms. The number of aromatic nitrogens is 4. The summed E-state index contributed by atoms with van der Waals surface area (Å²) in [4.78, 5) is 15.4. The van der Waals surface area contributed by atoms with Crippen LogP contribution in [-0.2, 0) is 6.42 Å². The van der Waals surface area contributed by atoms with Crippen LogP contribution in [0.25, 0.3) is 10.8 Å². The Bertz CT molecular complexity index is 1330. The quantitative estimate of drug-likeness (QED) is 0.447. The molecule has 0 bridgehead atoms. The molecular weight excluding hydrogens is 380 g/mol. The lowest BCUT2D eigenvalue weighted by Gasteiger charge is -2.11. The predicted molar refractivity (Wildman–Crippen MR) is 126 cm³/mol. The summed E-state index contributed by atoms with van der Waals surface area (Å²) >= 11 is 0. The van der Waals surface area contributed by atoms with Gasteiger partial charge in [0.05, 0.1) is 12.4 Å². The van der Waals surface area contributed by atoms with E-state index in [9.17, 15) is 0 Å². The zero-order chi connectivity index (χ0) is 21.8. The number of benzene rings is 2. The van der Waals surface area contributed by atoms with E-state index in [1.165, 1.54) is 0 Å². The fourth-order valence-corrected chi connectivity index (χ4v) is 3.35. The summed E-state index contributed by atoms with van der Waals surface area (Å²) in [6.45, 7) is 8.65. The van der Waals surface area contributed by atoms with Crippen LogP contribution in [0, 0.1) is 29.6 Å². The largest absolute Gasteiger partial charge is 0.336 e. The molecule has 4 rings (SSSR count). The number of nitrogens with zero attached hydrogens (tertiary/aromatic N) is 2. The molecule has 0 saturated carbocycles. The second kappa shape index (κ2) is 8.94. The van der Waals surface area contributed by atoms with Crippen LogP contribution < -0.4 is 0 Å². The molecule has 2 aromatic carbocycles. The van der Waals surface area contributed by atoms with Crippen LogP contribution in [0.3, 0.4) is 0 Å². The van der Waals surface area contributed by atoms with Crippen LogP contribution in [0.1, 0.15) is 67.8 Å². The monoisotopic (exact) mass is 406 g/mol. The number of rotatable bonds is 3. The first-order valence-corrected chi connectivity index (χ1v) is 10.7. The van der Waals surface area contributed by atoms with E-state index < -0.39 is 0 Å². The number of hydrogen-bond acceptors (Lipinski definition) is 2. The van der Waals surface area contributed by atoms with Crippen molar-refractivity contribution in [2.24, 2.45) is 5.92 Å². The van der Waals surface area contributed by atoms with Crippen LogP contribution in [0.4, 0.5) is 0 Å². The number of nitrogens with one attached hydrogen (secondary N) is 2. The number of aromatic amines is 2. The second-order valence-electron chi connectivity index (χ2n) is 8.02. The maximum atomic E-state index is 4.50. The molecule has 4 nitrogen and oxygen atoms in total. The van der Waals surface area contributed by atoms with Gasteiger partial charge in [-0.2, -0.15) is 0 Å². The van der Waals surface area contributed by atoms with Crippen molar-refractivity contribution in [3.63, 3.8) is 0 Å². The van der Waals surface area contributed by atoms with Gasteiger partial charge in [-0.25, -0.2) is 9.97 Å². The Morgan fingerprint density at radius 2 is 1.35 bits per heavy atom. The van der Waals surface area contributed by atoms with Crippen molar-refractivity contribution in [3.8, 4) is 23.7 Å². The van der Waals surface area contributed by atoms with Gasteiger partial charge in [-0.05, 0) is 40.7 Å². The Balaban J connectivity index is 1.66. The van der Waals surface area contributed by atoms with Crippen LogP contribution >= 0.6 is 0 Å². The molecule has 2 N–H and O–H groups in total. The molecular formula is C27H26N4. The normalized spacial score (nSPS) is 11.6. The summed E-state index contributed by atoms with van der Waals surface area (Å²) in [7, 11) is 0. The van der Waals surface area contributed by atoms with Gasteiger partial charge in [0.15, 0.2) is 0 Å². The number of imidazole rings is 2. The summed E-state index contributed by atoms with van der Waals surface area (Å²) in [5, 5.41) is 2.19. The lowest BCUT2D eigenvalue weighted by molar-refractivity contribution is 0.514. The van der Waals surface area contributed by atoms with E-state index in [0.717, 1.165) is 51.4 Å².